The predicted octanol–water partition coefficient (Wildman–Crippen LogP) is 1.16. The first-order chi connectivity index (χ1) is 9.19. The van der Waals surface area contributed by atoms with Gasteiger partial charge in [-0.15, -0.1) is 0 Å². The lowest BCUT2D eigenvalue weighted by molar-refractivity contribution is -0.153. The molecule has 1 N–H and O–H groups in total. The molecule has 1 heterocycles. The van der Waals surface area contributed by atoms with Crippen molar-refractivity contribution in [1.82, 2.24) is 0 Å². The van der Waals surface area contributed by atoms with Crippen LogP contribution in [0.3, 0.4) is 0 Å². The van der Waals surface area contributed by atoms with E-state index in [4.69, 9.17) is 18.9 Å². The number of ether oxygens (including phenoxy) is 4. The molecule has 0 radical (unpaired) electrons. The van der Waals surface area contributed by atoms with Crippen LogP contribution >= 0.6 is 0 Å². The van der Waals surface area contributed by atoms with Gasteiger partial charge >= 0.3 is 5.97 Å². The number of aliphatic hydroxyl groups excluding tert-OH is 1. The number of carbonyl (C=O) groups is 1. The van der Waals surface area contributed by atoms with E-state index >= 15 is 0 Å². The van der Waals surface area contributed by atoms with E-state index in [0.29, 0.717) is 23.7 Å². The minimum Gasteiger partial charge on any atom is -0.464 e. The van der Waals surface area contributed by atoms with Crippen molar-refractivity contribution in [3.63, 3.8) is 0 Å². The molecule has 0 spiro atoms. The molecule has 104 valence electrons. The summed E-state index contributed by atoms with van der Waals surface area (Å²) in [6.07, 6.45) is -1.38. The second-order valence-corrected chi connectivity index (χ2v) is 3.97. The Morgan fingerprint density at radius 1 is 1.42 bits per heavy atom. The zero-order valence-corrected chi connectivity index (χ0v) is 10.8. The number of methoxy groups -OCH3 is 1. The standard InChI is InChI=1S/C13H16O6/c1-3-17-13(15)10(14)9-5-4-8(6-16-2)11-12(9)19-7-18-11/h4-5,10,14H,3,6-7H2,1-2H3. The zero-order valence-electron chi connectivity index (χ0n) is 10.8. The SMILES string of the molecule is CCOC(=O)C(O)c1ccc(COC)c2c1OCO2. The monoisotopic (exact) mass is 268 g/mol. The zero-order chi connectivity index (χ0) is 13.8. The van der Waals surface area contributed by atoms with Crippen LogP contribution in [0.2, 0.25) is 0 Å². The fourth-order valence-corrected chi connectivity index (χ4v) is 1.91. The van der Waals surface area contributed by atoms with E-state index in [1.807, 2.05) is 0 Å². The van der Waals surface area contributed by atoms with E-state index in [2.05, 4.69) is 0 Å². The number of carbonyl (C=O) groups excluding carboxylic acids is 1. The smallest absolute Gasteiger partial charge is 0.339 e. The molecular weight excluding hydrogens is 252 g/mol. The fraction of sp³-hybridized carbons (Fsp3) is 0.462. The molecule has 6 heteroatoms. The van der Waals surface area contributed by atoms with Gasteiger partial charge in [-0.1, -0.05) is 12.1 Å². The summed E-state index contributed by atoms with van der Waals surface area (Å²) in [5.41, 5.74) is 1.14. The first-order valence-electron chi connectivity index (χ1n) is 5.94. The van der Waals surface area contributed by atoms with Gasteiger partial charge in [0, 0.05) is 18.2 Å². The Hall–Kier alpha value is -1.79. The molecule has 1 aliphatic heterocycles. The number of hydrogen-bond acceptors (Lipinski definition) is 6. The topological polar surface area (TPSA) is 74.2 Å². The van der Waals surface area contributed by atoms with E-state index in [-0.39, 0.29) is 13.4 Å². The molecular formula is C13H16O6. The van der Waals surface area contributed by atoms with Crippen molar-refractivity contribution in [2.24, 2.45) is 0 Å². The van der Waals surface area contributed by atoms with Gasteiger partial charge < -0.3 is 24.1 Å². The number of aliphatic hydroxyl groups is 1. The molecule has 6 nitrogen and oxygen atoms in total. The minimum atomic E-state index is -1.38. The second-order valence-electron chi connectivity index (χ2n) is 3.97. The van der Waals surface area contributed by atoms with E-state index in [9.17, 15) is 9.90 Å². The van der Waals surface area contributed by atoms with Crippen molar-refractivity contribution in [3.8, 4) is 11.5 Å². The van der Waals surface area contributed by atoms with Crippen molar-refractivity contribution < 1.29 is 28.8 Å². The molecule has 2 rings (SSSR count). The second kappa shape index (κ2) is 5.90. The minimum absolute atomic E-state index is 0.0542. The molecule has 0 fully saturated rings. The largest absolute Gasteiger partial charge is 0.464 e. The van der Waals surface area contributed by atoms with Crippen LogP contribution in [0.25, 0.3) is 0 Å². The van der Waals surface area contributed by atoms with Gasteiger partial charge in [-0.05, 0) is 6.92 Å². The van der Waals surface area contributed by atoms with Gasteiger partial charge in [-0.2, -0.15) is 0 Å². The number of fused-ring (bicyclic) bond motifs is 1. The summed E-state index contributed by atoms with van der Waals surface area (Å²) < 4.78 is 20.5. The average molecular weight is 268 g/mol. The van der Waals surface area contributed by atoms with Crippen molar-refractivity contribution in [1.29, 1.82) is 0 Å². The van der Waals surface area contributed by atoms with Crippen molar-refractivity contribution in [2.75, 3.05) is 20.5 Å². The summed E-state index contributed by atoms with van der Waals surface area (Å²) in [7, 11) is 1.57. The van der Waals surface area contributed by atoms with E-state index < -0.39 is 12.1 Å². The van der Waals surface area contributed by atoms with Crippen LogP contribution in [0.1, 0.15) is 24.2 Å². The molecule has 1 unspecified atom stereocenters. The third kappa shape index (κ3) is 2.64. The Balaban J connectivity index is 2.32. The highest BCUT2D eigenvalue weighted by Gasteiger charge is 2.29. The van der Waals surface area contributed by atoms with Crippen molar-refractivity contribution in [3.05, 3.63) is 23.3 Å². The molecule has 0 amide bonds. The summed E-state index contributed by atoms with van der Waals surface area (Å²) in [4.78, 5) is 11.6. The number of esters is 1. The molecule has 0 bridgehead atoms. The lowest BCUT2D eigenvalue weighted by Crippen LogP contribution is -2.16. The summed E-state index contributed by atoms with van der Waals surface area (Å²) in [6, 6.07) is 3.35. The third-order valence-corrected chi connectivity index (χ3v) is 2.73. The number of hydrogen-bond donors (Lipinski definition) is 1. The van der Waals surface area contributed by atoms with Crippen LogP contribution in [0, 0.1) is 0 Å². The summed E-state index contributed by atoms with van der Waals surface area (Å²) in [6.45, 7) is 2.30. The first kappa shape index (κ1) is 13.6. The van der Waals surface area contributed by atoms with E-state index in [1.165, 1.54) is 0 Å². The molecule has 1 aromatic carbocycles. The molecule has 0 aliphatic carbocycles. The molecule has 0 saturated carbocycles. The summed E-state index contributed by atoms with van der Waals surface area (Å²) >= 11 is 0. The Kier molecular flexibility index (Phi) is 4.24. The fourth-order valence-electron chi connectivity index (χ4n) is 1.91. The van der Waals surface area contributed by atoms with Gasteiger partial charge in [0.15, 0.2) is 17.6 Å². The van der Waals surface area contributed by atoms with Crippen LogP contribution in [-0.4, -0.2) is 31.6 Å². The third-order valence-electron chi connectivity index (χ3n) is 2.73. The van der Waals surface area contributed by atoms with Gasteiger partial charge in [-0.25, -0.2) is 4.79 Å². The average Bonchev–Trinajstić information content (AvgIpc) is 2.88. The Morgan fingerprint density at radius 2 is 2.16 bits per heavy atom. The maximum atomic E-state index is 11.6. The summed E-state index contributed by atoms with van der Waals surface area (Å²) in [5.74, 6) is 0.164. The van der Waals surface area contributed by atoms with E-state index in [0.717, 1.165) is 5.56 Å². The first-order valence-corrected chi connectivity index (χ1v) is 5.94. The van der Waals surface area contributed by atoms with Gasteiger partial charge in [0.1, 0.15) is 0 Å². The van der Waals surface area contributed by atoms with Crippen molar-refractivity contribution in [2.45, 2.75) is 19.6 Å². The van der Waals surface area contributed by atoms with Crippen molar-refractivity contribution >= 4 is 5.97 Å². The Bertz CT molecular complexity index is 470. The highest BCUT2D eigenvalue weighted by atomic mass is 16.7. The molecule has 0 aromatic heterocycles. The van der Waals surface area contributed by atoms with Crippen LogP contribution in [0.4, 0.5) is 0 Å². The van der Waals surface area contributed by atoms with Crippen LogP contribution in [0.15, 0.2) is 12.1 Å². The lowest BCUT2D eigenvalue weighted by atomic mass is 10.0. The molecule has 1 aromatic rings. The number of benzene rings is 1. The maximum Gasteiger partial charge on any atom is 0.339 e. The van der Waals surface area contributed by atoms with Crippen LogP contribution in [-0.2, 0) is 20.9 Å². The van der Waals surface area contributed by atoms with Gasteiger partial charge in [0.2, 0.25) is 6.79 Å². The van der Waals surface area contributed by atoms with Crippen LogP contribution < -0.4 is 9.47 Å². The maximum absolute atomic E-state index is 11.6. The normalized spacial score (nSPS) is 14.3. The van der Waals surface area contributed by atoms with Crippen LogP contribution in [0.5, 0.6) is 11.5 Å². The quantitative estimate of drug-likeness (QED) is 0.808. The highest BCUT2D eigenvalue weighted by molar-refractivity contribution is 5.78. The highest BCUT2D eigenvalue weighted by Crippen LogP contribution is 2.41. The molecule has 0 saturated heterocycles. The lowest BCUT2D eigenvalue weighted by Gasteiger charge is -2.13. The molecule has 1 atom stereocenters. The summed E-state index contributed by atoms with van der Waals surface area (Å²) in [5, 5.41) is 9.96. The van der Waals surface area contributed by atoms with Gasteiger partial charge in [0.25, 0.3) is 0 Å². The Labute approximate surface area is 110 Å². The van der Waals surface area contributed by atoms with Gasteiger partial charge in [0.05, 0.1) is 13.2 Å². The predicted molar refractivity (Wildman–Crippen MR) is 64.9 cm³/mol. The molecule has 19 heavy (non-hydrogen) atoms. The Morgan fingerprint density at radius 3 is 2.84 bits per heavy atom. The molecule has 1 aliphatic rings. The van der Waals surface area contributed by atoms with E-state index in [1.54, 1.807) is 26.2 Å². The number of rotatable bonds is 5. The van der Waals surface area contributed by atoms with Gasteiger partial charge in [-0.3, -0.25) is 0 Å².